The van der Waals surface area contributed by atoms with E-state index in [0.717, 1.165) is 6.26 Å². The third-order valence-electron chi connectivity index (χ3n) is 3.33. The minimum atomic E-state index is -3.41. The largest absolute Gasteiger partial charge is 0.326 e. The van der Waals surface area contributed by atoms with E-state index in [-0.39, 0.29) is 18.2 Å². The Labute approximate surface area is 170 Å². The fourth-order valence-electron chi connectivity index (χ4n) is 2.26. The highest BCUT2D eigenvalue weighted by Gasteiger charge is 2.13. The summed E-state index contributed by atoms with van der Waals surface area (Å²) in [5, 5.41) is 7.23. The molecule has 3 rings (SSSR count). The number of anilines is 3. The van der Waals surface area contributed by atoms with Crippen molar-refractivity contribution in [3.05, 3.63) is 59.6 Å². The van der Waals surface area contributed by atoms with Crippen molar-refractivity contribution in [2.75, 3.05) is 21.6 Å². The zero-order valence-corrected chi connectivity index (χ0v) is 16.8. The van der Waals surface area contributed by atoms with Crippen molar-refractivity contribution in [3.63, 3.8) is 0 Å². The van der Waals surface area contributed by atoms with Gasteiger partial charge in [0, 0.05) is 23.5 Å². The van der Waals surface area contributed by atoms with Gasteiger partial charge < -0.3 is 5.32 Å². The number of hydrogen-bond acceptors (Lipinski definition) is 8. The van der Waals surface area contributed by atoms with Crippen molar-refractivity contribution in [1.82, 2.24) is 15.0 Å². The average Bonchev–Trinajstić information content (AvgIpc) is 3.07. The molecule has 0 saturated heterocycles. The van der Waals surface area contributed by atoms with E-state index in [9.17, 15) is 18.0 Å². The Kier molecular flexibility index (Phi) is 6.14. The van der Waals surface area contributed by atoms with Crippen LogP contribution < -0.4 is 15.4 Å². The number of hydrogen-bond donors (Lipinski definition) is 3. The molecule has 3 N–H and O–H groups in total. The molecule has 2 heterocycles. The van der Waals surface area contributed by atoms with Gasteiger partial charge in [0.25, 0.3) is 5.91 Å². The summed E-state index contributed by atoms with van der Waals surface area (Å²) in [5.41, 5.74) is 1.25. The van der Waals surface area contributed by atoms with Gasteiger partial charge >= 0.3 is 0 Å². The van der Waals surface area contributed by atoms with Crippen molar-refractivity contribution in [2.45, 2.75) is 6.42 Å². The second-order valence-electron chi connectivity index (χ2n) is 5.85. The number of nitrogens with zero attached hydrogens (tertiary/aromatic N) is 3. The van der Waals surface area contributed by atoms with E-state index in [1.807, 2.05) is 0 Å². The first kappa shape index (κ1) is 20.4. The number of thiazole rings is 1. The number of amides is 2. The van der Waals surface area contributed by atoms with Crippen molar-refractivity contribution >= 4 is 49.7 Å². The van der Waals surface area contributed by atoms with Crippen molar-refractivity contribution in [2.24, 2.45) is 0 Å². The van der Waals surface area contributed by atoms with Crippen LogP contribution in [-0.2, 0) is 21.2 Å². The number of carbonyl (C=O) groups is 2. The van der Waals surface area contributed by atoms with Crippen LogP contribution in [0.1, 0.15) is 16.3 Å². The van der Waals surface area contributed by atoms with Crippen LogP contribution >= 0.6 is 11.3 Å². The first-order valence-corrected chi connectivity index (χ1v) is 11.0. The van der Waals surface area contributed by atoms with Gasteiger partial charge in [0.05, 0.1) is 24.1 Å². The van der Waals surface area contributed by atoms with Crippen LogP contribution in [0.15, 0.2) is 48.1 Å². The summed E-state index contributed by atoms with van der Waals surface area (Å²) in [6.45, 7) is 0. The molecule has 0 fully saturated rings. The molecule has 12 heteroatoms. The average molecular weight is 432 g/mol. The molecule has 0 aliphatic rings. The van der Waals surface area contributed by atoms with E-state index in [0.29, 0.717) is 22.2 Å². The van der Waals surface area contributed by atoms with Gasteiger partial charge in [-0.25, -0.2) is 23.4 Å². The van der Waals surface area contributed by atoms with Crippen molar-refractivity contribution in [3.8, 4) is 0 Å². The van der Waals surface area contributed by atoms with Crippen LogP contribution in [0.3, 0.4) is 0 Å². The summed E-state index contributed by atoms with van der Waals surface area (Å²) in [6.07, 6.45) is 3.94. The third-order valence-corrected chi connectivity index (χ3v) is 4.75. The summed E-state index contributed by atoms with van der Waals surface area (Å²) in [4.78, 5) is 36.2. The zero-order valence-electron chi connectivity index (χ0n) is 15.1. The smallest absolute Gasteiger partial charge is 0.295 e. The van der Waals surface area contributed by atoms with Crippen LogP contribution in [0.5, 0.6) is 0 Å². The molecular weight excluding hydrogens is 416 g/mol. The van der Waals surface area contributed by atoms with Crippen molar-refractivity contribution < 1.29 is 18.0 Å². The maximum absolute atomic E-state index is 12.2. The minimum Gasteiger partial charge on any atom is -0.326 e. The maximum atomic E-state index is 12.2. The van der Waals surface area contributed by atoms with E-state index in [1.54, 1.807) is 29.6 Å². The molecule has 0 aliphatic heterocycles. The number of sulfonamides is 1. The Morgan fingerprint density at radius 1 is 1.07 bits per heavy atom. The Hall–Kier alpha value is -3.38. The highest BCUT2D eigenvalue weighted by molar-refractivity contribution is 7.92. The van der Waals surface area contributed by atoms with Crippen molar-refractivity contribution in [1.29, 1.82) is 0 Å². The Morgan fingerprint density at radius 3 is 2.52 bits per heavy atom. The van der Waals surface area contributed by atoms with Crippen LogP contribution in [0.4, 0.5) is 16.5 Å². The second-order valence-corrected chi connectivity index (χ2v) is 8.46. The van der Waals surface area contributed by atoms with Gasteiger partial charge in [-0.2, -0.15) is 0 Å². The van der Waals surface area contributed by atoms with Gasteiger partial charge in [0.1, 0.15) is 0 Å². The predicted molar refractivity (Wildman–Crippen MR) is 109 cm³/mol. The van der Waals surface area contributed by atoms with Crippen LogP contribution in [0, 0.1) is 0 Å². The molecule has 0 aliphatic carbocycles. The first-order chi connectivity index (χ1) is 13.8. The van der Waals surface area contributed by atoms with Gasteiger partial charge in [-0.15, -0.1) is 11.3 Å². The van der Waals surface area contributed by atoms with Gasteiger partial charge in [0.2, 0.25) is 21.8 Å². The minimum absolute atomic E-state index is 0.0159. The van der Waals surface area contributed by atoms with E-state index in [4.69, 9.17) is 0 Å². The maximum Gasteiger partial charge on any atom is 0.295 e. The van der Waals surface area contributed by atoms with Gasteiger partial charge in [-0.05, 0) is 24.3 Å². The van der Waals surface area contributed by atoms with Crippen LogP contribution in [0.2, 0.25) is 0 Å². The number of carbonyl (C=O) groups excluding carboxylic acids is 2. The van der Waals surface area contributed by atoms with Gasteiger partial charge in [-0.1, -0.05) is 6.07 Å². The molecule has 0 atom stereocenters. The molecular formula is C17H16N6O4S2. The molecule has 1 aromatic carbocycles. The Balaban J connectivity index is 1.58. The summed E-state index contributed by atoms with van der Waals surface area (Å²) in [7, 11) is -3.41. The van der Waals surface area contributed by atoms with E-state index in [1.165, 1.54) is 29.8 Å². The summed E-state index contributed by atoms with van der Waals surface area (Å²) in [6, 6.07) is 7.93. The third kappa shape index (κ3) is 6.33. The quantitative estimate of drug-likeness (QED) is 0.516. The fraction of sp³-hybridized carbons (Fsp3) is 0.118. The fourth-order valence-corrected chi connectivity index (χ4v) is 3.52. The molecule has 0 radical (unpaired) electrons. The van der Waals surface area contributed by atoms with Gasteiger partial charge in [0.15, 0.2) is 5.13 Å². The Bertz CT molecular complexity index is 1130. The number of benzene rings is 1. The molecule has 3 aromatic rings. The lowest BCUT2D eigenvalue weighted by Gasteiger charge is -2.08. The molecule has 0 unspecified atom stereocenters. The summed E-state index contributed by atoms with van der Waals surface area (Å²) in [5.74, 6) is -0.813. The molecule has 2 aromatic heterocycles. The standard InChI is InChI=1S/C17H16N6O4S2/c1-29(26,27)23-12-5-2-4-11(8-12)20-14(24)9-13-10-28-17(21-13)22-16(25)15-18-6-3-7-19-15/h2-8,10,23H,9H2,1H3,(H,20,24)(H,21,22,25). The van der Waals surface area contributed by atoms with E-state index < -0.39 is 15.9 Å². The lowest BCUT2D eigenvalue weighted by Crippen LogP contribution is -2.16. The molecule has 0 saturated carbocycles. The van der Waals surface area contributed by atoms with Gasteiger partial charge in [-0.3, -0.25) is 19.6 Å². The van der Waals surface area contributed by atoms with Crippen LogP contribution in [-0.4, -0.2) is 41.4 Å². The molecule has 0 bridgehead atoms. The van der Waals surface area contributed by atoms with Crippen LogP contribution in [0.25, 0.3) is 0 Å². The molecule has 10 nitrogen and oxygen atoms in total. The molecule has 29 heavy (non-hydrogen) atoms. The Morgan fingerprint density at radius 2 is 1.79 bits per heavy atom. The summed E-state index contributed by atoms with van der Waals surface area (Å²) >= 11 is 1.17. The molecule has 2 amide bonds. The topological polar surface area (TPSA) is 143 Å². The normalized spacial score (nSPS) is 10.9. The second kappa shape index (κ2) is 8.75. The lowest BCUT2D eigenvalue weighted by molar-refractivity contribution is -0.115. The molecule has 0 spiro atoms. The monoisotopic (exact) mass is 432 g/mol. The summed E-state index contributed by atoms with van der Waals surface area (Å²) < 4.78 is 24.9. The first-order valence-electron chi connectivity index (χ1n) is 8.19. The highest BCUT2D eigenvalue weighted by atomic mass is 32.2. The SMILES string of the molecule is CS(=O)(=O)Nc1cccc(NC(=O)Cc2csc(NC(=O)c3ncccn3)n2)c1. The molecule has 150 valence electrons. The number of rotatable bonds is 7. The van der Waals surface area contributed by atoms with E-state index >= 15 is 0 Å². The predicted octanol–water partition coefficient (Wildman–Crippen LogP) is 1.74. The highest BCUT2D eigenvalue weighted by Crippen LogP contribution is 2.18. The lowest BCUT2D eigenvalue weighted by atomic mass is 10.2. The zero-order chi connectivity index (χ0) is 20.9. The van der Waals surface area contributed by atoms with E-state index in [2.05, 4.69) is 30.3 Å². The number of aromatic nitrogens is 3. The number of nitrogens with one attached hydrogen (secondary N) is 3.